The quantitative estimate of drug-likeness (QED) is 0.785. The lowest BCUT2D eigenvalue weighted by molar-refractivity contribution is -0.135. The number of aryl methyl sites for hydroxylation is 1. The summed E-state index contributed by atoms with van der Waals surface area (Å²) in [6, 6.07) is 3.73. The predicted octanol–water partition coefficient (Wildman–Crippen LogP) is 3.53. The Hall–Kier alpha value is -1.26. The van der Waals surface area contributed by atoms with Gasteiger partial charge in [-0.15, -0.1) is 0 Å². The van der Waals surface area contributed by atoms with E-state index in [1.807, 2.05) is 19.1 Å². The highest BCUT2D eigenvalue weighted by Crippen LogP contribution is 2.22. The van der Waals surface area contributed by atoms with Crippen LogP contribution in [0.15, 0.2) is 18.3 Å². The van der Waals surface area contributed by atoms with Crippen molar-refractivity contribution in [3.63, 3.8) is 0 Å². The molecule has 0 atom stereocenters. The third-order valence-electron chi connectivity index (χ3n) is 2.11. The first-order valence-corrected chi connectivity index (χ1v) is 5.21. The molecule has 0 bridgehead atoms. The van der Waals surface area contributed by atoms with Gasteiger partial charge in [0, 0.05) is 19.2 Å². The molecule has 0 aliphatic carbocycles. The molecule has 16 heavy (non-hydrogen) atoms. The van der Waals surface area contributed by atoms with E-state index in [-0.39, 0.29) is 6.42 Å². The predicted molar refractivity (Wildman–Crippen MR) is 57.4 cm³/mol. The Balaban J connectivity index is 2.17. The Kier molecular flexibility index (Phi) is 4.58. The molecule has 2 nitrogen and oxygen atoms in total. The van der Waals surface area contributed by atoms with E-state index in [1.165, 1.54) is 0 Å². The van der Waals surface area contributed by atoms with Crippen LogP contribution in [0.5, 0.6) is 0 Å². The minimum Gasteiger partial charge on any atom is -0.370 e. The third-order valence-corrected chi connectivity index (χ3v) is 2.11. The van der Waals surface area contributed by atoms with Crippen LogP contribution in [0.3, 0.4) is 0 Å². The molecule has 0 amide bonds. The number of rotatable bonds is 5. The molecule has 0 unspecified atom stereocenters. The number of nitrogens with one attached hydrogen (secondary N) is 1. The molecule has 1 aromatic rings. The highest BCUT2D eigenvalue weighted by molar-refractivity contribution is 5.36. The van der Waals surface area contributed by atoms with Crippen molar-refractivity contribution in [1.29, 1.82) is 0 Å². The van der Waals surface area contributed by atoms with Crippen molar-refractivity contribution in [3.8, 4) is 0 Å². The van der Waals surface area contributed by atoms with Gasteiger partial charge in [-0.1, -0.05) is 0 Å². The summed E-state index contributed by atoms with van der Waals surface area (Å²) in [5, 5.41) is 2.99. The summed E-state index contributed by atoms with van der Waals surface area (Å²) >= 11 is 0. The van der Waals surface area contributed by atoms with Crippen LogP contribution in [0, 0.1) is 6.92 Å². The molecule has 0 radical (unpaired) electrons. The number of aromatic nitrogens is 1. The average Bonchev–Trinajstić information content (AvgIpc) is 2.15. The van der Waals surface area contributed by atoms with E-state index >= 15 is 0 Å². The topological polar surface area (TPSA) is 24.9 Å². The van der Waals surface area contributed by atoms with Crippen LogP contribution in [0.4, 0.5) is 19.0 Å². The number of hydrogen-bond acceptors (Lipinski definition) is 2. The molecule has 0 saturated heterocycles. The molecule has 0 fully saturated rings. The first-order chi connectivity index (χ1) is 7.47. The maximum absolute atomic E-state index is 11.8. The molecule has 0 spiro atoms. The summed E-state index contributed by atoms with van der Waals surface area (Å²) in [6.45, 7) is 2.46. The van der Waals surface area contributed by atoms with Crippen molar-refractivity contribution in [3.05, 3.63) is 23.9 Å². The van der Waals surface area contributed by atoms with Crippen LogP contribution in [0.2, 0.25) is 0 Å². The lowest BCUT2D eigenvalue weighted by atomic mass is 10.2. The highest BCUT2D eigenvalue weighted by Gasteiger charge is 2.25. The average molecular weight is 232 g/mol. The van der Waals surface area contributed by atoms with E-state index in [1.54, 1.807) is 6.20 Å². The van der Waals surface area contributed by atoms with Gasteiger partial charge in [0.25, 0.3) is 0 Å². The largest absolute Gasteiger partial charge is 0.389 e. The van der Waals surface area contributed by atoms with Crippen LogP contribution >= 0.6 is 0 Å². The second-order valence-electron chi connectivity index (χ2n) is 3.72. The Morgan fingerprint density at radius 3 is 2.69 bits per heavy atom. The SMILES string of the molecule is Cc1ccnc(NCCCCC(F)(F)F)c1. The number of pyridine rings is 1. The maximum Gasteiger partial charge on any atom is 0.389 e. The summed E-state index contributed by atoms with van der Waals surface area (Å²) in [4.78, 5) is 4.05. The minimum atomic E-state index is -4.04. The van der Waals surface area contributed by atoms with Crippen molar-refractivity contribution in [2.45, 2.75) is 32.4 Å². The molecule has 0 aliphatic rings. The molecule has 1 N–H and O–H groups in total. The zero-order valence-electron chi connectivity index (χ0n) is 9.14. The smallest absolute Gasteiger partial charge is 0.370 e. The normalized spacial score (nSPS) is 11.5. The summed E-state index contributed by atoms with van der Waals surface area (Å²) in [7, 11) is 0. The van der Waals surface area contributed by atoms with Crippen molar-refractivity contribution in [2.24, 2.45) is 0 Å². The lowest BCUT2D eigenvalue weighted by Crippen LogP contribution is -2.09. The van der Waals surface area contributed by atoms with Crippen molar-refractivity contribution in [2.75, 3.05) is 11.9 Å². The summed E-state index contributed by atoms with van der Waals surface area (Å²) in [5.74, 6) is 0.715. The van der Waals surface area contributed by atoms with Gasteiger partial charge in [-0.2, -0.15) is 13.2 Å². The van der Waals surface area contributed by atoms with Gasteiger partial charge in [-0.3, -0.25) is 0 Å². The molecule has 0 aliphatic heterocycles. The van der Waals surface area contributed by atoms with Gasteiger partial charge in [-0.05, 0) is 37.5 Å². The third kappa shape index (κ3) is 5.58. The van der Waals surface area contributed by atoms with Gasteiger partial charge in [0.15, 0.2) is 0 Å². The standard InChI is InChI=1S/C11H15F3N2/c1-9-4-7-16-10(8-9)15-6-3-2-5-11(12,13)14/h4,7-8H,2-3,5-6H2,1H3,(H,15,16). The van der Waals surface area contributed by atoms with Crippen LogP contribution in [0.25, 0.3) is 0 Å². The Labute approximate surface area is 92.9 Å². The van der Waals surface area contributed by atoms with Crippen LogP contribution < -0.4 is 5.32 Å². The highest BCUT2D eigenvalue weighted by atomic mass is 19.4. The van der Waals surface area contributed by atoms with E-state index < -0.39 is 12.6 Å². The molecule has 1 aromatic heterocycles. The van der Waals surface area contributed by atoms with Crippen LogP contribution in [0.1, 0.15) is 24.8 Å². The molecule has 5 heteroatoms. The van der Waals surface area contributed by atoms with Gasteiger partial charge < -0.3 is 5.32 Å². The first-order valence-electron chi connectivity index (χ1n) is 5.21. The van der Waals surface area contributed by atoms with Gasteiger partial charge in [-0.25, -0.2) is 4.98 Å². The van der Waals surface area contributed by atoms with E-state index in [9.17, 15) is 13.2 Å². The first kappa shape index (κ1) is 12.8. The second kappa shape index (κ2) is 5.72. The monoisotopic (exact) mass is 232 g/mol. The van der Waals surface area contributed by atoms with Crippen molar-refractivity contribution >= 4 is 5.82 Å². The van der Waals surface area contributed by atoms with E-state index in [0.717, 1.165) is 5.56 Å². The molecular weight excluding hydrogens is 217 g/mol. The molecule has 1 rings (SSSR count). The fourth-order valence-electron chi connectivity index (χ4n) is 1.30. The van der Waals surface area contributed by atoms with Crippen LogP contribution in [-0.2, 0) is 0 Å². The Morgan fingerprint density at radius 1 is 1.31 bits per heavy atom. The fourth-order valence-corrected chi connectivity index (χ4v) is 1.30. The lowest BCUT2D eigenvalue weighted by Gasteiger charge is -2.07. The minimum absolute atomic E-state index is 0.155. The van der Waals surface area contributed by atoms with E-state index in [2.05, 4.69) is 10.3 Å². The van der Waals surface area contributed by atoms with Gasteiger partial charge in [0.05, 0.1) is 0 Å². The summed E-state index contributed by atoms with van der Waals surface area (Å²) in [5.41, 5.74) is 1.08. The number of halogens is 3. The van der Waals surface area contributed by atoms with Gasteiger partial charge in [0.1, 0.15) is 5.82 Å². The maximum atomic E-state index is 11.8. The number of unbranched alkanes of at least 4 members (excludes halogenated alkanes) is 1. The summed E-state index contributed by atoms with van der Waals surface area (Å²) in [6.07, 6.45) is -2.43. The van der Waals surface area contributed by atoms with E-state index in [4.69, 9.17) is 0 Å². The molecule has 1 heterocycles. The second-order valence-corrected chi connectivity index (χ2v) is 3.72. The Bertz CT molecular complexity index is 323. The zero-order valence-corrected chi connectivity index (χ0v) is 9.14. The van der Waals surface area contributed by atoms with E-state index in [0.29, 0.717) is 18.8 Å². The number of anilines is 1. The van der Waals surface area contributed by atoms with Crippen molar-refractivity contribution in [1.82, 2.24) is 4.98 Å². The van der Waals surface area contributed by atoms with Gasteiger partial charge >= 0.3 is 6.18 Å². The fraction of sp³-hybridized carbons (Fsp3) is 0.545. The molecule has 90 valence electrons. The van der Waals surface area contributed by atoms with Gasteiger partial charge in [0.2, 0.25) is 0 Å². The number of alkyl halides is 3. The molecule has 0 aromatic carbocycles. The molecule has 0 saturated carbocycles. The van der Waals surface area contributed by atoms with Crippen molar-refractivity contribution < 1.29 is 13.2 Å². The van der Waals surface area contributed by atoms with Crippen LogP contribution in [-0.4, -0.2) is 17.7 Å². The summed E-state index contributed by atoms with van der Waals surface area (Å²) < 4.78 is 35.5. The molecular formula is C11H15F3N2. The zero-order chi connectivity index (χ0) is 12.0. The number of hydrogen-bond donors (Lipinski definition) is 1. The number of nitrogens with zero attached hydrogens (tertiary/aromatic N) is 1. The Morgan fingerprint density at radius 2 is 2.06 bits per heavy atom.